The number of carbonyl (C=O) groups is 3. The third-order valence-electron chi connectivity index (χ3n) is 3.58. The maximum atomic E-state index is 12.3. The Morgan fingerprint density at radius 3 is 2.56 bits per heavy atom. The van der Waals surface area contributed by atoms with Gasteiger partial charge in [-0.15, -0.1) is 11.3 Å². The molecule has 2 amide bonds. The molecule has 0 aliphatic carbocycles. The molecule has 0 bridgehead atoms. The first-order valence-electron chi connectivity index (χ1n) is 7.78. The second kappa shape index (κ2) is 7.79. The Bertz CT molecular complexity index is 783. The van der Waals surface area contributed by atoms with Crippen LogP contribution in [0.15, 0.2) is 34.0 Å². The number of amides is 2. The van der Waals surface area contributed by atoms with Gasteiger partial charge in [0, 0.05) is 17.7 Å². The largest absolute Gasteiger partial charge is 0.466 e. The molecule has 0 radical (unpaired) electrons. The summed E-state index contributed by atoms with van der Waals surface area (Å²) in [6, 6.07) is 6.85. The summed E-state index contributed by atoms with van der Waals surface area (Å²) >= 11 is 2.90. The quantitative estimate of drug-likeness (QED) is 0.420. The highest BCUT2D eigenvalue weighted by atomic mass is 32.2. The molecule has 25 heavy (non-hydrogen) atoms. The summed E-state index contributed by atoms with van der Waals surface area (Å²) in [4.78, 5) is 41.6. The Hall–Kier alpha value is -2.19. The van der Waals surface area contributed by atoms with Crippen molar-refractivity contribution in [2.45, 2.75) is 17.7 Å². The number of ether oxygens (including phenoxy) is 1. The van der Waals surface area contributed by atoms with Crippen molar-refractivity contribution in [1.29, 1.82) is 0 Å². The predicted molar refractivity (Wildman–Crippen MR) is 95.0 cm³/mol. The number of imide groups is 1. The van der Waals surface area contributed by atoms with Crippen molar-refractivity contribution in [3.8, 4) is 0 Å². The van der Waals surface area contributed by atoms with E-state index in [9.17, 15) is 14.4 Å². The first-order valence-corrected chi connectivity index (χ1v) is 9.64. The highest BCUT2D eigenvalue weighted by Crippen LogP contribution is 2.26. The minimum atomic E-state index is -0.296. The number of esters is 1. The van der Waals surface area contributed by atoms with Crippen LogP contribution in [0.5, 0.6) is 0 Å². The van der Waals surface area contributed by atoms with E-state index < -0.39 is 0 Å². The molecule has 0 saturated heterocycles. The van der Waals surface area contributed by atoms with E-state index in [1.165, 1.54) is 28.0 Å². The molecule has 0 atom stereocenters. The summed E-state index contributed by atoms with van der Waals surface area (Å²) in [6.45, 7) is 2.44. The van der Waals surface area contributed by atoms with Crippen LogP contribution in [0.25, 0.3) is 0 Å². The molecule has 0 N–H and O–H groups in total. The lowest BCUT2D eigenvalue weighted by Gasteiger charge is -2.12. The van der Waals surface area contributed by atoms with E-state index in [1.54, 1.807) is 31.2 Å². The SMILES string of the molecule is CCOC(=O)Cc1csc(SCCN2C(=O)c3ccccc3C2=O)n1. The Balaban J connectivity index is 1.52. The molecule has 1 aromatic carbocycles. The summed E-state index contributed by atoms with van der Waals surface area (Å²) in [6.07, 6.45) is 0.156. The van der Waals surface area contributed by atoms with Crippen molar-refractivity contribution in [3.63, 3.8) is 0 Å². The minimum absolute atomic E-state index is 0.156. The molecular formula is C17H16N2O4S2. The van der Waals surface area contributed by atoms with Crippen LogP contribution in [-0.4, -0.2) is 46.6 Å². The van der Waals surface area contributed by atoms with E-state index in [4.69, 9.17) is 4.74 Å². The Morgan fingerprint density at radius 2 is 1.92 bits per heavy atom. The van der Waals surface area contributed by atoms with Crippen LogP contribution >= 0.6 is 23.1 Å². The molecule has 0 fully saturated rings. The molecule has 0 unspecified atom stereocenters. The van der Waals surface area contributed by atoms with Gasteiger partial charge in [0.05, 0.1) is 29.8 Å². The molecule has 0 saturated carbocycles. The maximum Gasteiger partial charge on any atom is 0.311 e. The first-order chi connectivity index (χ1) is 12.1. The first kappa shape index (κ1) is 17.6. The number of thiazole rings is 1. The third-order valence-corrected chi connectivity index (χ3v) is 5.63. The summed E-state index contributed by atoms with van der Waals surface area (Å²) in [5.41, 5.74) is 1.60. The number of nitrogens with zero attached hydrogens (tertiary/aromatic N) is 2. The number of hydrogen-bond acceptors (Lipinski definition) is 7. The van der Waals surface area contributed by atoms with Crippen LogP contribution in [0.1, 0.15) is 33.3 Å². The summed E-state index contributed by atoms with van der Waals surface area (Å²) < 4.78 is 5.70. The Labute approximate surface area is 153 Å². The number of carbonyl (C=O) groups excluding carboxylic acids is 3. The van der Waals surface area contributed by atoms with Crippen molar-refractivity contribution in [3.05, 3.63) is 46.5 Å². The molecular weight excluding hydrogens is 360 g/mol. The van der Waals surface area contributed by atoms with Crippen molar-refractivity contribution >= 4 is 40.9 Å². The molecule has 0 spiro atoms. The second-order valence-electron chi connectivity index (χ2n) is 5.24. The van der Waals surface area contributed by atoms with Gasteiger partial charge in [0.1, 0.15) is 4.34 Å². The van der Waals surface area contributed by atoms with Crippen LogP contribution < -0.4 is 0 Å². The van der Waals surface area contributed by atoms with E-state index >= 15 is 0 Å². The lowest BCUT2D eigenvalue weighted by Crippen LogP contribution is -2.31. The second-order valence-corrected chi connectivity index (χ2v) is 7.44. The van der Waals surface area contributed by atoms with Gasteiger partial charge in [0.2, 0.25) is 0 Å². The van der Waals surface area contributed by atoms with Crippen LogP contribution in [0, 0.1) is 0 Å². The molecule has 3 rings (SSSR count). The van der Waals surface area contributed by atoms with Gasteiger partial charge in [-0.05, 0) is 19.1 Å². The number of fused-ring (bicyclic) bond motifs is 1. The van der Waals surface area contributed by atoms with Gasteiger partial charge in [-0.2, -0.15) is 0 Å². The van der Waals surface area contributed by atoms with E-state index in [2.05, 4.69) is 4.98 Å². The lowest BCUT2D eigenvalue weighted by molar-refractivity contribution is -0.142. The molecule has 8 heteroatoms. The maximum absolute atomic E-state index is 12.3. The molecule has 2 heterocycles. The highest BCUT2D eigenvalue weighted by Gasteiger charge is 2.34. The zero-order chi connectivity index (χ0) is 17.8. The van der Waals surface area contributed by atoms with E-state index in [1.807, 2.05) is 5.38 Å². The molecule has 2 aromatic rings. The van der Waals surface area contributed by atoms with Crippen molar-refractivity contribution in [2.75, 3.05) is 18.9 Å². The fourth-order valence-corrected chi connectivity index (χ4v) is 4.30. The molecule has 1 aliphatic rings. The molecule has 130 valence electrons. The summed E-state index contributed by atoms with van der Waals surface area (Å²) in [5.74, 6) is -0.236. The van der Waals surface area contributed by atoms with Crippen LogP contribution in [0.2, 0.25) is 0 Å². The fourth-order valence-electron chi connectivity index (χ4n) is 2.46. The number of rotatable bonds is 7. The van der Waals surface area contributed by atoms with Gasteiger partial charge in [0.15, 0.2) is 0 Å². The van der Waals surface area contributed by atoms with Crippen LogP contribution in [-0.2, 0) is 16.0 Å². The van der Waals surface area contributed by atoms with Crippen LogP contribution in [0.4, 0.5) is 0 Å². The monoisotopic (exact) mass is 376 g/mol. The fraction of sp³-hybridized carbons (Fsp3) is 0.294. The molecule has 1 aromatic heterocycles. The highest BCUT2D eigenvalue weighted by molar-refractivity contribution is 8.01. The topological polar surface area (TPSA) is 76.6 Å². The zero-order valence-electron chi connectivity index (χ0n) is 13.6. The van der Waals surface area contributed by atoms with Crippen LogP contribution in [0.3, 0.4) is 0 Å². The predicted octanol–water partition coefficient (Wildman–Crippen LogP) is 2.64. The Kier molecular flexibility index (Phi) is 5.50. The van der Waals surface area contributed by atoms with Gasteiger partial charge in [0.25, 0.3) is 11.8 Å². The number of hydrogen-bond donors (Lipinski definition) is 0. The average Bonchev–Trinajstić information content (AvgIpc) is 3.13. The van der Waals surface area contributed by atoms with Gasteiger partial charge >= 0.3 is 5.97 Å². The van der Waals surface area contributed by atoms with Crippen molar-refractivity contribution in [1.82, 2.24) is 9.88 Å². The standard InChI is InChI=1S/C17H16N2O4S2/c1-2-23-14(20)9-11-10-25-17(18-11)24-8-7-19-15(21)12-5-3-4-6-13(12)16(19)22/h3-6,10H,2,7-9H2,1H3. The summed E-state index contributed by atoms with van der Waals surface area (Å²) in [5, 5.41) is 1.82. The number of thioether (sulfide) groups is 1. The zero-order valence-corrected chi connectivity index (χ0v) is 15.2. The number of benzene rings is 1. The molecule has 1 aliphatic heterocycles. The summed E-state index contributed by atoms with van der Waals surface area (Å²) in [7, 11) is 0. The van der Waals surface area contributed by atoms with Crippen molar-refractivity contribution in [2.24, 2.45) is 0 Å². The van der Waals surface area contributed by atoms with E-state index in [0.29, 0.717) is 35.7 Å². The van der Waals surface area contributed by atoms with Crippen molar-refractivity contribution < 1.29 is 19.1 Å². The Morgan fingerprint density at radius 1 is 1.24 bits per heavy atom. The number of aromatic nitrogens is 1. The van der Waals surface area contributed by atoms with E-state index in [0.717, 1.165) is 4.34 Å². The normalized spacial score (nSPS) is 13.2. The third kappa shape index (κ3) is 3.91. The molecule has 6 nitrogen and oxygen atoms in total. The van der Waals surface area contributed by atoms with E-state index in [-0.39, 0.29) is 24.2 Å². The smallest absolute Gasteiger partial charge is 0.311 e. The lowest BCUT2D eigenvalue weighted by atomic mass is 10.1. The van der Waals surface area contributed by atoms with Gasteiger partial charge in [-0.25, -0.2) is 4.98 Å². The average molecular weight is 376 g/mol. The van der Waals surface area contributed by atoms with Gasteiger partial charge < -0.3 is 4.74 Å². The van der Waals surface area contributed by atoms with Gasteiger partial charge in [-0.3, -0.25) is 19.3 Å². The van der Waals surface area contributed by atoms with Gasteiger partial charge in [-0.1, -0.05) is 23.9 Å². The minimum Gasteiger partial charge on any atom is -0.466 e.